The molecule has 0 N–H and O–H groups in total. The summed E-state index contributed by atoms with van der Waals surface area (Å²) in [6, 6.07) is 25.7. The van der Waals surface area contributed by atoms with Gasteiger partial charge in [-0.2, -0.15) is 0 Å². The van der Waals surface area contributed by atoms with Gasteiger partial charge in [0.05, 0.1) is 0 Å². The molecular weight excluding hydrogens is 545 g/mol. The van der Waals surface area contributed by atoms with Crippen LogP contribution in [0.4, 0.5) is 0 Å². The molecule has 3 nitrogen and oxygen atoms in total. The van der Waals surface area contributed by atoms with Crippen molar-refractivity contribution in [3.8, 4) is 17.2 Å². The first-order valence-electron chi connectivity index (χ1n) is 9.73. The van der Waals surface area contributed by atoms with E-state index in [4.69, 9.17) is 14.2 Å². The summed E-state index contributed by atoms with van der Waals surface area (Å²) in [4.78, 5) is 0. The van der Waals surface area contributed by atoms with Gasteiger partial charge in [-0.3, -0.25) is 0 Å². The van der Waals surface area contributed by atoms with Gasteiger partial charge >= 0.3 is 176 Å². The quantitative estimate of drug-likeness (QED) is 0.368. The second-order valence-electron chi connectivity index (χ2n) is 6.13. The van der Waals surface area contributed by atoms with Crippen LogP contribution in [0.3, 0.4) is 0 Å². The summed E-state index contributed by atoms with van der Waals surface area (Å²) in [5.41, 5.74) is 0. The second-order valence-corrected chi connectivity index (χ2v) is 14.8. The number of benzene rings is 3. The molecule has 0 spiro atoms. The Morgan fingerprint density at radius 1 is 0.536 bits per heavy atom. The van der Waals surface area contributed by atoms with Gasteiger partial charge in [-0.25, -0.2) is 0 Å². The first-order valence-corrected chi connectivity index (χ1v) is 15.0. The van der Waals surface area contributed by atoms with E-state index in [0.29, 0.717) is 19.8 Å². The second kappa shape index (κ2) is 10.5. The SMILES string of the molecule is CCOc1ccc[c]([Bi]([c]2cccc(OCC)c2)[c]2cccc(OCC)c2)c1. The van der Waals surface area contributed by atoms with Crippen molar-refractivity contribution < 1.29 is 14.2 Å². The van der Waals surface area contributed by atoms with Gasteiger partial charge in [0.15, 0.2) is 0 Å². The molecule has 28 heavy (non-hydrogen) atoms. The van der Waals surface area contributed by atoms with Crippen LogP contribution in [-0.4, -0.2) is 41.6 Å². The number of ether oxygens (including phenoxy) is 3. The predicted octanol–water partition coefficient (Wildman–Crippen LogP) is 3.40. The van der Waals surface area contributed by atoms with Gasteiger partial charge in [0.25, 0.3) is 0 Å². The molecule has 3 aromatic rings. The van der Waals surface area contributed by atoms with Crippen LogP contribution in [0.1, 0.15) is 20.8 Å². The average Bonchev–Trinajstić information content (AvgIpc) is 2.70. The fraction of sp³-hybridized carbons (Fsp3) is 0.250. The molecule has 3 aromatic carbocycles. The molecule has 0 saturated heterocycles. The van der Waals surface area contributed by atoms with Gasteiger partial charge in [0, 0.05) is 0 Å². The van der Waals surface area contributed by atoms with E-state index in [9.17, 15) is 0 Å². The summed E-state index contributed by atoms with van der Waals surface area (Å²) in [5.74, 6) is 2.80. The monoisotopic (exact) mass is 572 g/mol. The molecule has 0 radical (unpaired) electrons. The van der Waals surface area contributed by atoms with Crippen molar-refractivity contribution in [3.05, 3.63) is 72.8 Å². The van der Waals surface area contributed by atoms with Crippen molar-refractivity contribution >= 4 is 31.6 Å². The Kier molecular flexibility index (Phi) is 7.74. The molecule has 0 amide bonds. The maximum absolute atomic E-state index is 5.78. The third-order valence-corrected chi connectivity index (χ3v) is 13.4. The summed E-state index contributed by atoms with van der Waals surface area (Å²) in [7, 11) is 0. The zero-order chi connectivity index (χ0) is 19.8. The molecule has 146 valence electrons. The van der Waals surface area contributed by atoms with Crippen molar-refractivity contribution in [3.63, 3.8) is 0 Å². The van der Waals surface area contributed by atoms with Crippen molar-refractivity contribution in [2.75, 3.05) is 19.8 Å². The number of hydrogen-bond acceptors (Lipinski definition) is 3. The minimum absolute atomic E-state index is 0.669. The first kappa shape index (κ1) is 20.7. The van der Waals surface area contributed by atoms with Crippen molar-refractivity contribution in [2.45, 2.75) is 20.8 Å². The molecular formula is C24H27BiO3. The molecule has 0 fully saturated rings. The van der Waals surface area contributed by atoms with E-state index >= 15 is 0 Å². The normalized spacial score (nSPS) is 10.7. The summed E-state index contributed by atoms with van der Waals surface area (Å²) in [5, 5.41) is 0. The van der Waals surface area contributed by atoms with Crippen LogP contribution >= 0.6 is 0 Å². The standard InChI is InChI=1S/3C8H9O.Bi/c3*1-2-9-8-6-4-3-5-7-8;/h3*3-4,6-7H,2H2,1H3;. The third kappa shape index (κ3) is 5.26. The van der Waals surface area contributed by atoms with Crippen LogP contribution in [-0.2, 0) is 0 Å². The first-order chi connectivity index (χ1) is 13.7. The molecule has 0 bridgehead atoms. The minimum atomic E-state index is -2.53. The molecule has 3 rings (SSSR count). The summed E-state index contributed by atoms with van der Waals surface area (Å²) in [6.07, 6.45) is 0. The Bertz CT molecular complexity index is 777. The Hall–Kier alpha value is -2.06. The number of hydrogen-bond donors (Lipinski definition) is 0. The third-order valence-electron chi connectivity index (χ3n) is 4.16. The summed E-state index contributed by atoms with van der Waals surface area (Å²) in [6.45, 7) is 8.06. The van der Waals surface area contributed by atoms with Gasteiger partial charge in [0.1, 0.15) is 0 Å². The maximum atomic E-state index is 5.78. The van der Waals surface area contributed by atoms with Crippen molar-refractivity contribution in [2.24, 2.45) is 0 Å². The molecule has 0 aliphatic rings. The zero-order valence-corrected chi connectivity index (χ0v) is 20.2. The predicted molar refractivity (Wildman–Crippen MR) is 117 cm³/mol. The molecule has 0 aliphatic carbocycles. The van der Waals surface area contributed by atoms with Gasteiger partial charge in [0.2, 0.25) is 0 Å². The van der Waals surface area contributed by atoms with Gasteiger partial charge in [-0.05, 0) is 0 Å². The van der Waals surface area contributed by atoms with Crippen LogP contribution < -0.4 is 24.0 Å². The fourth-order valence-electron chi connectivity index (χ4n) is 3.08. The molecule has 0 heterocycles. The molecule has 4 heteroatoms. The van der Waals surface area contributed by atoms with Gasteiger partial charge in [-0.1, -0.05) is 0 Å². The number of rotatable bonds is 9. The summed E-state index contributed by atoms with van der Waals surface area (Å²) < 4.78 is 21.5. The van der Waals surface area contributed by atoms with Crippen LogP contribution in [0.2, 0.25) is 0 Å². The Morgan fingerprint density at radius 2 is 0.857 bits per heavy atom. The van der Waals surface area contributed by atoms with E-state index in [1.54, 1.807) is 0 Å². The van der Waals surface area contributed by atoms with E-state index < -0.39 is 21.8 Å². The van der Waals surface area contributed by atoms with E-state index in [1.165, 1.54) is 9.81 Å². The van der Waals surface area contributed by atoms with Crippen molar-refractivity contribution in [1.29, 1.82) is 0 Å². The van der Waals surface area contributed by atoms with Gasteiger partial charge < -0.3 is 0 Å². The molecule has 0 aromatic heterocycles. The van der Waals surface area contributed by atoms with Crippen LogP contribution in [0.15, 0.2) is 72.8 Å². The fourth-order valence-corrected chi connectivity index (χ4v) is 12.3. The Labute approximate surface area is 175 Å². The Morgan fingerprint density at radius 3 is 1.14 bits per heavy atom. The van der Waals surface area contributed by atoms with Crippen LogP contribution in [0.5, 0.6) is 17.2 Å². The topological polar surface area (TPSA) is 27.7 Å². The molecule has 0 atom stereocenters. The molecule has 0 unspecified atom stereocenters. The van der Waals surface area contributed by atoms with Crippen LogP contribution in [0, 0.1) is 0 Å². The van der Waals surface area contributed by atoms with E-state index in [0.717, 1.165) is 17.2 Å². The van der Waals surface area contributed by atoms with E-state index in [2.05, 4.69) is 54.6 Å². The Balaban J connectivity index is 2.10. The average molecular weight is 572 g/mol. The van der Waals surface area contributed by atoms with Gasteiger partial charge in [-0.15, -0.1) is 0 Å². The molecule has 0 aliphatic heterocycles. The summed E-state index contributed by atoms with van der Waals surface area (Å²) >= 11 is -2.53. The zero-order valence-electron chi connectivity index (χ0n) is 16.7. The van der Waals surface area contributed by atoms with Crippen LogP contribution in [0.25, 0.3) is 0 Å². The van der Waals surface area contributed by atoms with Crippen molar-refractivity contribution in [1.82, 2.24) is 0 Å². The molecule has 0 saturated carbocycles. The van der Waals surface area contributed by atoms with E-state index in [1.807, 2.05) is 39.0 Å². The van der Waals surface area contributed by atoms with E-state index in [-0.39, 0.29) is 0 Å².